The molecule has 0 aliphatic carbocycles. The number of nitrogens with two attached hydrogens (primary N) is 1. The van der Waals surface area contributed by atoms with Gasteiger partial charge in [-0.3, -0.25) is 4.79 Å². The van der Waals surface area contributed by atoms with Crippen molar-refractivity contribution >= 4 is 46.2 Å². The number of rotatable bonds is 4. The van der Waals surface area contributed by atoms with Crippen molar-refractivity contribution in [3.63, 3.8) is 0 Å². The third kappa shape index (κ3) is 3.59. The van der Waals surface area contributed by atoms with Crippen molar-refractivity contribution in [2.75, 3.05) is 18.0 Å². The molecule has 0 amide bonds. The second kappa shape index (κ2) is 7.70. The lowest BCUT2D eigenvalue weighted by Gasteiger charge is -2.32. The molecular formula is C19H19Cl2N5O3. The number of pyridine rings is 1. The first-order chi connectivity index (χ1) is 13.9. The molecular weight excluding hydrogens is 417 g/mol. The molecule has 1 atom stereocenters. The Kier molecular flexibility index (Phi) is 5.24. The number of hydrogen-bond acceptors (Lipinski definition) is 5. The molecule has 10 heteroatoms. The maximum absolute atomic E-state index is 12.8. The Hall–Kier alpha value is -2.55. The third-order valence-electron chi connectivity index (χ3n) is 5.07. The molecule has 1 saturated heterocycles. The molecule has 1 aliphatic heterocycles. The molecule has 1 aromatic carbocycles. The van der Waals surface area contributed by atoms with Crippen LogP contribution in [0.2, 0.25) is 10.0 Å². The Labute approximate surface area is 175 Å². The number of aromatic amines is 1. The average molecular weight is 436 g/mol. The minimum atomic E-state index is -1.32. The summed E-state index contributed by atoms with van der Waals surface area (Å²) in [7, 11) is 0. The Morgan fingerprint density at radius 3 is 2.79 bits per heavy atom. The number of carboxylic acid groups (broad SMARTS) is 1. The number of anilines is 1. The van der Waals surface area contributed by atoms with Crippen molar-refractivity contribution in [2.24, 2.45) is 5.73 Å². The van der Waals surface area contributed by atoms with Crippen LogP contribution in [0, 0.1) is 0 Å². The number of nitrogens with one attached hydrogen (secondary N) is 1. The Bertz CT molecular complexity index is 1160. The smallest absolute Gasteiger partial charge is 0.354 e. The van der Waals surface area contributed by atoms with Gasteiger partial charge in [0.05, 0.1) is 11.6 Å². The second-order valence-electron chi connectivity index (χ2n) is 7.08. The first kappa shape index (κ1) is 19.8. The van der Waals surface area contributed by atoms with Gasteiger partial charge in [-0.05, 0) is 24.5 Å². The summed E-state index contributed by atoms with van der Waals surface area (Å²) in [5.74, 6) is -0.804. The van der Waals surface area contributed by atoms with Crippen LogP contribution in [0.4, 0.5) is 5.95 Å². The fraction of sp³-hybridized carbons (Fsp3) is 0.316. The molecule has 1 aliphatic rings. The summed E-state index contributed by atoms with van der Waals surface area (Å²) >= 11 is 12.6. The summed E-state index contributed by atoms with van der Waals surface area (Å²) in [6.07, 6.45) is 1.80. The fourth-order valence-electron chi connectivity index (χ4n) is 3.70. The quantitative estimate of drug-likeness (QED) is 0.579. The predicted molar refractivity (Wildman–Crippen MR) is 112 cm³/mol. The third-order valence-corrected chi connectivity index (χ3v) is 5.81. The number of piperidine rings is 1. The summed E-state index contributed by atoms with van der Waals surface area (Å²) in [4.78, 5) is 33.2. The van der Waals surface area contributed by atoms with Gasteiger partial charge in [0.25, 0.3) is 5.56 Å². The molecule has 4 N–H and O–H groups in total. The van der Waals surface area contributed by atoms with Crippen molar-refractivity contribution < 1.29 is 9.90 Å². The van der Waals surface area contributed by atoms with E-state index in [1.807, 2.05) is 23.1 Å². The molecule has 1 fully saturated rings. The Balaban J connectivity index is 1.95. The average Bonchev–Trinajstić information content (AvgIpc) is 3.06. The van der Waals surface area contributed by atoms with E-state index in [-0.39, 0.29) is 34.3 Å². The lowest BCUT2D eigenvalue weighted by Crippen LogP contribution is -2.44. The number of carboxylic acids is 1. The van der Waals surface area contributed by atoms with Crippen LogP contribution in [-0.2, 0) is 6.54 Å². The molecule has 0 spiro atoms. The molecule has 29 heavy (non-hydrogen) atoms. The van der Waals surface area contributed by atoms with Gasteiger partial charge >= 0.3 is 5.97 Å². The van der Waals surface area contributed by atoms with Crippen LogP contribution in [0.15, 0.2) is 29.1 Å². The molecule has 0 unspecified atom stereocenters. The number of benzene rings is 1. The van der Waals surface area contributed by atoms with E-state index in [1.54, 1.807) is 10.6 Å². The minimum Gasteiger partial charge on any atom is -0.477 e. The predicted octanol–water partition coefficient (Wildman–Crippen LogP) is 2.71. The Morgan fingerprint density at radius 2 is 2.10 bits per heavy atom. The van der Waals surface area contributed by atoms with Gasteiger partial charge in [0, 0.05) is 24.2 Å². The lowest BCUT2D eigenvalue weighted by molar-refractivity contribution is 0.0690. The fourth-order valence-corrected chi connectivity index (χ4v) is 4.15. The van der Waals surface area contributed by atoms with Crippen molar-refractivity contribution in [3.05, 3.63) is 55.9 Å². The zero-order chi connectivity index (χ0) is 20.7. The van der Waals surface area contributed by atoms with Crippen LogP contribution in [0.5, 0.6) is 0 Å². The minimum absolute atomic E-state index is 0.0133. The number of hydrogen-bond donors (Lipinski definition) is 3. The van der Waals surface area contributed by atoms with Crippen LogP contribution >= 0.6 is 23.2 Å². The summed E-state index contributed by atoms with van der Waals surface area (Å²) in [6.45, 7) is 1.58. The number of nitrogens with zero attached hydrogens (tertiary/aromatic N) is 3. The van der Waals surface area contributed by atoms with Gasteiger partial charge in [-0.1, -0.05) is 41.4 Å². The largest absolute Gasteiger partial charge is 0.477 e. The van der Waals surface area contributed by atoms with Crippen LogP contribution in [0.1, 0.15) is 28.9 Å². The van der Waals surface area contributed by atoms with Crippen molar-refractivity contribution in [1.29, 1.82) is 0 Å². The van der Waals surface area contributed by atoms with E-state index in [2.05, 4.69) is 9.97 Å². The van der Waals surface area contributed by atoms with E-state index in [9.17, 15) is 14.7 Å². The molecule has 3 aromatic rings. The van der Waals surface area contributed by atoms with Gasteiger partial charge in [-0.25, -0.2) is 9.78 Å². The molecule has 2 aromatic heterocycles. The van der Waals surface area contributed by atoms with Gasteiger partial charge in [-0.2, -0.15) is 0 Å². The highest BCUT2D eigenvalue weighted by molar-refractivity contribution is 6.37. The van der Waals surface area contributed by atoms with Gasteiger partial charge in [-0.15, -0.1) is 0 Å². The molecule has 0 saturated carbocycles. The number of imidazole rings is 1. The van der Waals surface area contributed by atoms with Crippen LogP contribution in [0.25, 0.3) is 11.0 Å². The zero-order valence-electron chi connectivity index (χ0n) is 15.4. The van der Waals surface area contributed by atoms with Gasteiger partial charge < -0.3 is 25.3 Å². The number of aromatic carboxylic acids is 1. The maximum atomic E-state index is 12.8. The number of carbonyl (C=O) groups is 1. The summed E-state index contributed by atoms with van der Waals surface area (Å²) in [5.41, 5.74) is 6.33. The zero-order valence-corrected chi connectivity index (χ0v) is 16.9. The van der Waals surface area contributed by atoms with Gasteiger partial charge in [0.15, 0.2) is 0 Å². The van der Waals surface area contributed by atoms with E-state index in [0.29, 0.717) is 17.5 Å². The number of H-pyrrole nitrogens is 1. The van der Waals surface area contributed by atoms with E-state index < -0.39 is 11.5 Å². The number of fused-ring (bicyclic) bond motifs is 1. The van der Waals surface area contributed by atoms with E-state index >= 15 is 0 Å². The lowest BCUT2D eigenvalue weighted by atomic mass is 10.1. The molecule has 0 radical (unpaired) electrons. The maximum Gasteiger partial charge on any atom is 0.354 e. The van der Waals surface area contributed by atoms with Gasteiger partial charge in [0.2, 0.25) is 5.95 Å². The summed E-state index contributed by atoms with van der Waals surface area (Å²) < 4.78 is 1.73. The molecule has 152 valence electrons. The Morgan fingerprint density at radius 1 is 1.34 bits per heavy atom. The number of halogens is 2. The normalized spacial score (nSPS) is 17.1. The highest BCUT2D eigenvalue weighted by atomic mass is 35.5. The topological polar surface area (TPSA) is 117 Å². The highest BCUT2D eigenvalue weighted by Gasteiger charge is 2.27. The van der Waals surface area contributed by atoms with Crippen LogP contribution in [-0.4, -0.2) is 44.7 Å². The first-order valence-corrected chi connectivity index (χ1v) is 9.91. The molecule has 3 heterocycles. The SMILES string of the molecule is N[C@@H]1CCCN(c2nc3c(Cl)c(C(=O)O)[nH]c(=O)c3n2Cc2ccccc2Cl)C1. The molecule has 4 rings (SSSR count). The monoisotopic (exact) mass is 435 g/mol. The second-order valence-corrected chi connectivity index (χ2v) is 7.87. The van der Waals surface area contributed by atoms with E-state index in [0.717, 1.165) is 24.9 Å². The van der Waals surface area contributed by atoms with Crippen LogP contribution in [0.3, 0.4) is 0 Å². The highest BCUT2D eigenvalue weighted by Crippen LogP contribution is 2.30. The summed E-state index contributed by atoms with van der Waals surface area (Å²) in [6, 6.07) is 7.30. The summed E-state index contributed by atoms with van der Waals surface area (Å²) in [5, 5.41) is 9.80. The van der Waals surface area contributed by atoms with E-state index in [1.165, 1.54) is 0 Å². The standard InChI is InChI=1S/C19H19Cl2N5O3/c20-12-6-2-1-4-10(12)8-26-16-14(13(21)15(18(28)29)23-17(16)27)24-19(26)25-7-3-5-11(22)9-25/h1-2,4,6,11H,3,5,7-9,22H2,(H,23,27)(H,28,29)/t11-/m1/s1. The van der Waals surface area contributed by atoms with Crippen molar-refractivity contribution in [1.82, 2.24) is 14.5 Å². The van der Waals surface area contributed by atoms with Crippen molar-refractivity contribution in [2.45, 2.75) is 25.4 Å². The molecule has 0 bridgehead atoms. The van der Waals surface area contributed by atoms with E-state index in [4.69, 9.17) is 28.9 Å². The van der Waals surface area contributed by atoms with Gasteiger partial charge in [0.1, 0.15) is 16.7 Å². The van der Waals surface area contributed by atoms with Crippen LogP contribution < -0.4 is 16.2 Å². The number of aromatic nitrogens is 3. The first-order valence-electron chi connectivity index (χ1n) is 9.16. The molecule has 8 nitrogen and oxygen atoms in total. The van der Waals surface area contributed by atoms with Crippen molar-refractivity contribution in [3.8, 4) is 0 Å².